The smallest absolute Gasteiger partial charge is 0.294 e. The van der Waals surface area contributed by atoms with Crippen LogP contribution in [-0.2, 0) is 12.6 Å². The van der Waals surface area contributed by atoms with Crippen molar-refractivity contribution in [1.82, 2.24) is 4.98 Å². The van der Waals surface area contributed by atoms with Crippen LogP contribution in [0.2, 0.25) is 0 Å². The van der Waals surface area contributed by atoms with Gasteiger partial charge in [0.15, 0.2) is 5.78 Å². The summed E-state index contributed by atoms with van der Waals surface area (Å²) in [6.07, 6.45) is -2.73. The molecule has 0 radical (unpaired) electrons. The lowest BCUT2D eigenvalue weighted by Crippen LogP contribution is -2.08. The molecule has 1 aromatic heterocycles. The molecule has 1 heterocycles. The lowest BCUT2D eigenvalue weighted by atomic mass is 10.0. The van der Waals surface area contributed by atoms with Gasteiger partial charge < -0.3 is 0 Å². The third-order valence-corrected chi connectivity index (χ3v) is 3.62. The Morgan fingerprint density at radius 1 is 0.957 bits per heavy atom. The molecule has 0 saturated carbocycles. The van der Waals surface area contributed by atoms with Crippen LogP contribution in [-0.4, -0.2) is 10.8 Å². The lowest BCUT2D eigenvalue weighted by Gasteiger charge is -2.08. The number of alkyl halides is 3. The quantitative estimate of drug-likeness (QED) is 0.657. The number of Topliss-reactive ketones (excluding diaryl/α,β-unsaturated/α-hetero) is 1. The normalized spacial score (nSPS) is 11.6. The van der Waals surface area contributed by atoms with Crippen molar-refractivity contribution in [3.8, 4) is 0 Å². The van der Waals surface area contributed by atoms with Crippen LogP contribution in [0, 0.1) is 0 Å². The molecule has 0 aliphatic heterocycles. The zero-order valence-corrected chi connectivity index (χ0v) is 12.0. The van der Waals surface area contributed by atoms with Gasteiger partial charge >= 0.3 is 6.18 Å². The number of hydrogen-bond acceptors (Lipinski definition) is 2. The Hall–Kier alpha value is -2.69. The molecule has 0 bridgehead atoms. The molecule has 2 nitrogen and oxygen atoms in total. The van der Waals surface area contributed by atoms with Crippen LogP contribution >= 0.6 is 0 Å². The van der Waals surface area contributed by atoms with E-state index in [9.17, 15) is 18.0 Å². The minimum absolute atomic E-state index is 0.0483. The number of rotatable bonds is 3. The van der Waals surface area contributed by atoms with E-state index < -0.39 is 11.7 Å². The summed E-state index contributed by atoms with van der Waals surface area (Å²) in [5.41, 5.74) is 0.0954. The van der Waals surface area contributed by atoms with Crippen molar-refractivity contribution in [1.29, 1.82) is 0 Å². The maximum atomic E-state index is 12.5. The van der Waals surface area contributed by atoms with Crippen LogP contribution in [0.5, 0.6) is 0 Å². The van der Waals surface area contributed by atoms with Crippen LogP contribution in [0.3, 0.4) is 0 Å². The van der Waals surface area contributed by atoms with Crippen molar-refractivity contribution >= 4 is 16.6 Å². The molecule has 0 fully saturated rings. The van der Waals surface area contributed by atoms with Crippen molar-refractivity contribution in [3.63, 3.8) is 0 Å². The van der Waals surface area contributed by atoms with Crippen molar-refractivity contribution in [2.24, 2.45) is 0 Å². The summed E-state index contributed by atoms with van der Waals surface area (Å²) in [6, 6.07) is 13.6. The average Bonchev–Trinajstić information content (AvgIpc) is 2.54. The molecule has 0 N–H and O–H groups in total. The van der Waals surface area contributed by atoms with Gasteiger partial charge in [-0.15, -0.1) is 0 Å². The number of carbonyl (C=O) groups is 1. The van der Waals surface area contributed by atoms with Gasteiger partial charge in [0.05, 0.1) is 17.7 Å². The SMILES string of the molecule is O=C(Cc1nccc2ccccc12)c1ccc(C(F)(F)F)cc1. The van der Waals surface area contributed by atoms with Gasteiger partial charge in [0.25, 0.3) is 0 Å². The highest BCUT2D eigenvalue weighted by Crippen LogP contribution is 2.29. The van der Waals surface area contributed by atoms with Crippen molar-refractivity contribution in [3.05, 3.63) is 77.6 Å². The standard InChI is InChI=1S/C18H12F3NO/c19-18(20,21)14-7-5-13(6-8-14)17(23)11-16-15-4-2-1-3-12(15)9-10-22-16/h1-10H,11H2. The first kappa shape index (κ1) is 15.2. The first-order valence-electron chi connectivity index (χ1n) is 6.98. The Morgan fingerprint density at radius 2 is 1.65 bits per heavy atom. The van der Waals surface area contributed by atoms with Crippen LogP contribution < -0.4 is 0 Å². The lowest BCUT2D eigenvalue weighted by molar-refractivity contribution is -0.137. The Balaban J connectivity index is 1.86. The molecule has 0 spiro atoms. The minimum atomic E-state index is -4.40. The number of benzene rings is 2. The third-order valence-electron chi connectivity index (χ3n) is 3.62. The zero-order chi connectivity index (χ0) is 16.4. The largest absolute Gasteiger partial charge is 0.416 e. The molecule has 5 heteroatoms. The van der Waals surface area contributed by atoms with E-state index in [1.807, 2.05) is 30.3 Å². The summed E-state index contributed by atoms with van der Waals surface area (Å²) in [7, 11) is 0. The van der Waals surface area contributed by atoms with Gasteiger partial charge in [-0.25, -0.2) is 0 Å². The molecule has 0 aliphatic carbocycles. The predicted octanol–water partition coefficient (Wildman–Crippen LogP) is 4.68. The maximum absolute atomic E-state index is 12.5. The fourth-order valence-corrected chi connectivity index (χ4v) is 2.42. The van der Waals surface area contributed by atoms with E-state index in [1.165, 1.54) is 12.1 Å². The summed E-state index contributed by atoms with van der Waals surface area (Å²) in [5.74, 6) is -0.262. The highest BCUT2D eigenvalue weighted by atomic mass is 19.4. The molecule has 0 aliphatic rings. The first-order chi connectivity index (χ1) is 10.9. The van der Waals surface area contributed by atoms with Crippen molar-refractivity contribution < 1.29 is 18.0 Å². The summed E-state index contributed by atoms with van der Waals surface area (Å²) < 4.78 is 37.6. The van der Waals surface area contributed by atoms with E-state index in [1.54, 1.807) is 6.20 Å². The molecular weight excluding hydrogens is 303 g/mol. The molecule has 2 aromatic carbocycles. The summed E-state index contributed by atoms with van der Waals surface area (Å²) in [6.45, 7) is 0. The number of aromatic nitrogens is 1. The number of pyridine rings is 1. The Kier molecular flexibility index (Phi) is 3.86. The monoisotopic (exact) mass is 315 g/mol. The van der Waals surface area contributed by atoms with Crippen LogP contribution in [0.1, 0.15) is 21.6 Å². The number of nitrogens with zero attached hydrogens (tertiary/aromatic N) is 1. The van der Waals surface area contributed by atoms with Crippen LogP contribution in [0.25, 0.3) is 10.8 Å². The molecule has 0 amide bonds. The summed E-state index contributed by atoms with van der Waals surface area (Å²) >= 11 is 0. The van der Waals surface area contributed by atoms with Crippen LogP contribution in [0.4, 0.5) is 13.2 Å². The topological polar surface area (TPSA) is 30.0 Å². The number of halogens is 3. The molecule has 0 saturated heterocycles. The summed E-state index contributed by atoms with van der Waals surface area (Å²) in [4.78, 5) is 16.5. The second-order valence-corrected chi connectivity index (χ2v) is 5.15. The second-order valence-electron chi connectivity index (χ2n) is 5.15. The number of carbonyl (C=O) groups excluding carboxylic acids is 1. The molecular formula is C18H12F3NO. The Labute approximate surface area is 130 Å². The maximum Gasteiger partial charge on any atom is 0.416 e. The van der Waals surface area contributed by atoms with E-state index in [-0.39, 0.29) is 17.8 Å². The van der Waals surface area contributed by atoms with Gasteiger partial charge in [0.2, 0.25) is 0 Å². The second kappa shape index (κ2) is 5.83. The van der Waals surface area contributed by atoms with Gasteiger partial charge in [-0.05, 0) is 23.6 Å². The molecule has 0 atom stereocenters. The van der Waals surface area contributed by atoms with E-state index in [0.29, 0.717) is 5.69 Å². The minimum Gasteiger partial charge on any atom is -0.294 e. The molecule has 23 heavy (non-hydrogen) atoms. The van der Waals surface area contributed by atoms with Gasteiger partial charge in [0, 0.05) is 17.1 Å². The highest BCUT2D eigenvalue weighted by molar-refractivity contribution is 5.99. The first-order valence-corrected chi connectivity index (χ1v) is 6.98. The van der Waals surface area contributed by atoms with Gasteiger partial charge in [0.1, 0.15) is 0 Å². The van der Waals surface area contributed by atoms with Crippen molar-refractivity contribution in [2.75, 3.05) is 0 Å². The third kappa shape index (κ3) is 3.23. The molecule has 116 valence electrons. The fourth-order valence-electron chi connectivity index (χ4n) is 2.42. The molecule has 0 unspecified atom stereocenters. The fraction of sp³-hybridized carbons (Fsp3) is 0.111. The molecule has 3 rings (SSSR count). The predicted molar refractivity (Wildman–Crippen MR) is 81.2 cm³/mol. The number of hydrogen-bond donors (Lipinski definition) is 0. The van der Waals surface area contributed by atoms with Gasteiger partial charge in [-0.1, -0.05) is 36.4 Å². The number of fused-ring (bicyclic) bond motifs is 1. The molecule has 3 aromatic rings. The van der Waals surface area contributed by atoms with E-state index in [4.69, 9.17) is 0 Å². The zero-order valence-electron chi connectivity index (χ0n) is 12.0. The van der Waals surface area contributed by atoms with E-state index >= 15 is 0 Å². The van der Waals surface area contributed by atoms with E-state index in [2.05, 4.69) is 4.98 Å². The van der Waals surface area contributed by atoms with Crippen LogP contribution in [0.15, 0.2) is 60.8 Å². The average molecular weight is 315 g/mol. The Bertz CT molecular complexity index is 849. The van der Waals surface area contributed by atoms with Gasteiger partial charge in [-0.2, -0.15) is 13.2 Å². The van der Waals surface area contributed by atoms with Crippen molar-refractivity contribution in [2.45, 2.75) is 12.6 Å². The van der Waals surface area contributed by atoms with Gasteiger partial charge in [-0.3, -0.25) is 9.78 Å². The number of ketones is 1. The van der Waals surface area contributed by atoms with E-state index in [0.717, 1.165) is 22.9 Å². The Morgan fingerprint density at radius 3 is 2.35 bits per heavy atom. The highest BCUT2D eigenvalue weighted by Gasteiger charge is 2.30. The summed E-state index contributed by atoms with van der Waals surface area (Å²) in [5, 5.41) is 1.84.